The number of nitrogens with one attached hydrogen (secondary N) is 1. The van der Waals surface area contributed by atoms with E-state index in [0.717, 1.165) is 36.8 Å². The zero-order chi connectivity index (χ0) is 24.4. The molecule has 35 heavy (non-hydrogen) atoms. The summed E-state index contributed by atoms with van der Waals surface area (Å²) in [7, 11) is 0. The van der Waals surface area contributed by atoms with Crippen molar-refractivity contribution in [3.63, 3.8) is 0 Å². The summed E-state index contributed by atoms with van der Waals surface area (Å²) < 4.78 is 7.41. The summed E-state index contributed by atoms with van der Waals surface area (Å²) in [6, 6.07) is 12.7. The zero-order valence-electron chi connectivity index (χ0n) is 19.7. The third-order valence-electron chi connectivity index (χ3n) is 6.24. The number of anilines is 1. The first-order valence-electron chi connectivity index (χ1n) is 11.9. The molecule has 7 nitrogen and oxygen atoms in total. The summed E-state index contributed by atoms with van der Waals surface area (Å²) in [6.45, 7) is 2.37. The Morgan fingerprint density at radius 1 is 1.14 bits per heavy atom. The molecule has 2 aromatic carbocycles. The van der Waals surface area contributed by atoms with Crippen molar-refractivity contribution in [1.29, 1.82) is 0 Å². The van der Waals surface area contributed by atoms with Crippen LogP contribution in [-0.2, 0) is 0 Å². The van der Waals surface area contributed by atoms with Gasteiger partial charge >= 0.3 is 0 Å². The van der Waals surface area contributed by atoms with Crippen LogP contribution in [-0.4, -0.2) is 34.1 Å². The monoisotopic (exact) mass is 468 g/mol. The van der Waals surface area contributed by atoms with Gasteiger partial charge in [-0.3, -0.25) is 9.59 Å². The smallest absolute Gasteiger partial charge is 0.251 e. The second kappa shape index (κ2) is 9.62. The van der Waals surface area contributed by atoms with Crippen molar-refractivity contribution in [2.45, 2.75) is 38.6 Å². The molecule has 0 bridgehead atoms. The van der Waals surface area contributed by atoms with E-state index in [1.807, 2.05) is 19.1 Å². The summed E-state index contributed by atoms with van der Waals surface area (Å²) >= 11 is 0. The third-order valence-corrected chi connectivity index (χ3v) is 6.24. The van der Waals surface area contributed by atoms with Gasteiger partial charge in [0.25, 0.3) is 5.91 Å². The molecule has 0 atom stereocenters. The minimum Gasteiger partial charge on any atom is -0.489 e. The molecule has 7 heteroatoms. The van der Waals surface area contributed by atoms with E-state index < -0.39 is 0 Å². The van der Waals surface area contributed by atoms with E-state index in [1.165, 1.54) is 10.9 Å². The molecule has 2 aliphatic rings. The normalized spacial score (nSPS) is 14.9. The molecule has 0 radical (unpaired) electrons. The van der Waals surface area contributed by atoms with Gasteiger partial charge in [0.05, 0.1) is 17.4 Å². The van der Waals surface area contributed by atoms with E-state index in [2.05, 4.69) is 28.6 Å². The van der Waals surface area contributed by atoms with E-state index in [0.29, 0.717) is 34.7 Å². The molecule has 3 aromatic rings. The number of nitrogens with zero attached hydrogens (tertiary/aromatic N) is 2. The molecule has 0 saturated heterocycles. The summed E-state index contributed by atoms with van der Waals surface area (Å²) in [5.74, 6) is 0.483. The Balaban J connectivity index is 1.36. The number of ether oxygens (including phenoxy) is 1. The highest BCUT2D eigenvalue weighted by Crippen LogP contribution is 2.26. The van der Waals surface area contributed by atoms with Crippen LogP contribution in [0.1, 0.15) is 57.5 Å². The maximum atomic E-state index is 13.3. The zero-order valence-corrected chi connectivity index (χ0v) is 19.7. The van der Waals surface area contributed by atoms with Gasteiger partial charge in [-0.1, -0.05) is 36.4 Å². The standard InChI is InChI=1S/C28H28N4O3/c1-18-10-11-21(28(34)31-22-12-13-22)15-25(18)32-27(29)24(16-30-32)26(33)20-8-5-9-23(14-20)35-17-19-6-3-2-4-7-19/h3,5-11,14-16,22H,2,4,12-13,17,29H2,1H3,(H,31,34). The van der Waals surface area contributed by atoms with Gasteiger partial charge in [0.2, 0.25) is 0 Å². The van der Waals surface area contributed by atoms with Crippen LogP contribution >= 0.6 is 0 Å². The summed E-state index contributed by atoms with van der Waals surface area (Å²) in [5, 5.41) is 7.37. The molecular weight excluding hydrogens is 440 g/mol. The van der Waals surface area contributed by atoms with Crippen LogP contribution in [0.3, 0.4) is 0 Å². The van der Waals surface area contributed by atoms with Crippen molar-refractivity contribution in [2.75, 3.05) is 12.3 Å². The fraction of sp³-hybridized carbons (Fsp3) is 0.250. The van der Waals surface area contributed by atoms with Gasteiger partial charge in [-0.05, 0) is 68.0 Å². The lowest BCUT2D eigenvalue weighted by atomic mass is 10.1. The molecule has 2 aliphatic carbocycles. The van der Waals surface area contributed by atoms with Gasteiger partial charge in [0.1, 0.15) is 18.2 Å². The molecule has 3 N–H and O–H groups in total. The predicted octanol–water partition coefficient (Wildman–Crippen LogP) is 4.54. The number of nitrogen functional groups attached to an aromatic ring is 1. The number of carbonyl (C=O) groups is 2. The van der Waals surface area contributed by atoms with Crippen LogP contribution in [0.2, 0.25) is 0 Å². The molecule has 1 aromatic heterocycles. The fourth-order valence-electron chi connectivity index (χ4n) is 4.02. The molecule has 0 aliphatic heterocycles. The first kappa shape index (κ1) is 22.7. The molecule has 0 unspecified atom stereocenters. The first-order chi connectivity index (χ1) is 17.0. The Morgan fingerprint density at radius 2 is 2.00 bits per heavy atom. The van der Waals surface area contributed by atoms with Gasteiger partial charge < -0.3 is 15.8 Å². The molecule has 178 valence electrons. The van der Waals surface area contributed by atoms with Crippen LogP contribution in [0.5, 0.6) is 5.75 Å². The number of aromatic nitrogens is 2. The Morgan fingerprint density at radius 3 is 2.77 bits per heavy atom. The van der Waals surface area contributed by atoms with Crippen LogP contribution in [0, 0.1) is 6.92 Å². The van der Waals surface area contributed by atoms with Crippen LogP contribution < -0.4 is 15.8 Å². The fourth-order valence-corrected chi connectivity index (χ4v) is 4.02. The predicted molar refractivity (Wildman–Crippen MR) is 135 cm³/mol. The Hall–Kier alpha value is -4.13. The van der Waals surface area contributed by atoms with Crippen LogP contribution in [0.15, 0.2) is 72.5 Å². The molecular formula is C28H28N4O3. The van der Waals surface area contributed by atoms with Crippen LogP contribution in [0.25, 0.3) is 5.69 Å². The number of ketones is 1. The molecule has 1 amide bonds. The average Bonchev–Trinajstić information content (AvgIpc) is 3.62. The molecule has 0 spiro atoms. The van der Waals surface area contributed by atoms with Crippen molar-refractivity contribution in [1.82, 2.24) is 15.1 Å². The van der Waals surface area contributed by atoms with Gasteiger partial charge in [-0.15, -0.1) is 0 Å². The Labute approximate surface area is 204 Å². The number of amides is 1. The van der Waals surface area contributed by atoms with Gasteiger partial charge in [0, 0.05) is 17.2 Å². The second-order valence-electron chi connectivity index (χ2n) is 9.01. The van der Waals surface area contributed by atoms with E-state index in [4.69, 9.17) is 10.5 Å². The van der Waals surface area contributed by atoms with Gasteiger partial charge in [0.15, 0.2) is 5.78 Å². The summed E-state index contributed by atoms with van der Waals surface area (Å²) in [4.78, 5) is 25.8. The van der Waals surface area contributed by atoms with Crippen LogP contribution in [0.4, 0.5) is 5.82 Å². The van der Waals surface area contributed by atoms with Crippen molar-refractivity contribution in [2.24, 2.45) is 0 Å². The highest BCUT2D eigenvalue weighted by atomic mass is 16.5. The van der Waals surface area contributed by atoms with E-state index >= 15 is 0 Å². The Bertz CT molecular complexity index is 1350. The second-order valence-corrected chi connectivity index (χ2v) is 9.01. The van der Waals surface area contributed by atoms with Crippen molar-refractivity contribution >= 4 is 17.5 Å². The highest BCUT2D eigenvalue weighted by Gasteiger charge is 2.24. The number of nitrogens with two attached hydrogens (primary N) is 1. The SMILES string of the molecule is Cc1ccc(C(=O)NC2CC2)cc1-n1ncc(C(=O)c2cccc(OCC3=CCCC=C3)c2)c1N. The lowest BCUT2D eigenvalue weighted by Crippen LogP contribution is -2.25. The number of aryl methyl sites for hydroxylation is 1. The number of rotatable bonds is 8. The van der Waals surface area contributed by atoms with Crippen molar-refractivity contribution < 1.29 is 14.3 Å². The summed E-state index contributed by atoms with van der Waals surface area (Å²) in [6.07, 6.45) is 11.9. The van der Waals surface area contributed by atoms with Gasteiger partial charge in [-0.25, -0.2) is 4.68 Å². The Kier molecular flexibility index (Phi) is 6.23. The minimum absolute atomic E-state index is 0.118. The first-order valence-corrected chi connectivity index (χ1v) is 11.9. The molecule has 5 rings (SSSR count). The van der Waals surface area contributed by atoms with E-state index in [-0.39, 0.29) is 23.6 Å². The highest BCUT2D eigenvalue weighted by molar-refractivity contribution is 6.11. The average molecular weight is 469 g/mol. The molecule has 1 heterocycles. The lowest BCUT2D eigenvalue weighted by molar-refractivity contribution is 0.0950. The number of carbonyl (C=O) groups excluding carboxylic acids is 2. The number of benzene rings is 2. The third kappa shape index (κ3) is 5.04. The molecule has 1 saturated carbocycles. The number of hydrogen-bond donors (Lipinski definition) is 2. The van der Waals surface area contributed by atoms with Crippen molar-refractivity contribution in [3.05, 3.63) is 94.7 Å². The quantitative estimate of drug-likeness (QED) is 0.473. The number of allylic oxidation sites excluding steroid dienone is 2. The maximum Gasteiger partial charge on any atom is 0.251 e. The largest absolute Gasteiger partial charge is 0.489 e. The molecule has 1 fully saturated rings. The maximum absolute atomic E-state index is 13.3. The van der Waals surface area contributed by atoms with Gasteiger partial charge in [-0.2, -0.15) is 5.10 Å². The summed E-state index contributed by atoms with van der Waals surface area (Å²) in [5.41, 5.74) is 10.4. The topological polar surface area (TPSA) is 99.2 Å². The minimum atomic E-state index is -0.240. The van der Waals surface area contributed by atoms with Crippen molar-refractivity contribution in [3.8, 4) is 11.4 Å². The van der Waals surface area contributed by atoms with E-state index in [1.54, 1.807) is 30.3 Å². The lowest BCUT2D eigenvalue weighted by Gasteiger charge is -2.12. The van der Waals surface area contributed by atoms with E-state index in [9.17, 15) is 9.59 Å². The number of hydrogen-bond acceptors (Lipinski definition) is 5.